The van der Waals surface area contributed by atoms with E-state index < -0.39 is 0 Å². The Balaban J connectivity index is 1.62. The number of piperidine rings is 1. The van der Waals surface area contributed by atoms with Crippen LogP contribution in [0, 0.1) is 3.57 Å². The van der Waals surface area contributed by atoms with Crippen LogP contribution in [0.15, 0.2) is 12.4 Å². The summed E-state index contributed by atoms with van der Waals surface area (Å²) in [6, 6.07) is 0.564. The molecule has 0 aromatic carbocycles. The van der Waals surface area contributed by atoms with Gasteiger partial charge >= 0.3 is 0 Å². The van der Waals surface area contributed by atoms with E-state index in [9.17, 15) is 0 Å². The average molecular weight is 379 g/mol. The first-order valence-electron chi connectivity index (χ1n) is 6.78. The standard InChI is InChI=1S/C13H22IN3O2/c1-18-8-9-19-7-6-16-4-2-13(3-5-16)17-11-12(14)10-15-17/h10-11,13H,2-9H2,1H3. The Labute approximate surface area is 128 Å². The van der Waals surface area contributed by atoms with Crippen LogP contribution in [0.1, 0.15) is 18.9 Å². The van der Waals surface area contributed by atoms with Gasteiger partial charge in [-0.05, 0) is 35.4 Å². The van der Waals surface area contributed by atoms with Crippen molar-refractivity contribution in [2.24, 2.45) is 0 Å². The summed E-state index contributed by atoms with van der Waals surface area (Å²) in [6.07, 6.45) is 6.41. The number of aromatic nitrogens is 2. The van der Waals surface area contributed by atoms with E-state index in [4.69, 9.17) is 9.47 Å². The van der Waals surface area contributed by atoms with Crippen molar-refractivity contribution in [3.8, 4) is 0 Å². The lowest BCUT2D eigenvalue weighted by Gasteiger charge is -2.31. The topological polar surface area (TPSA) is 39.5 Å². The molecule has 19 heavy (non-hydrogen) atoms. The zero-order chi connectivity index (χ0) is 13.5. The molecule has 0 N–H and O–H groups in total. The largest absolute Gasteiger partial charge is 0.382 e. The maximum atomic E-state index is 5.51. The van der Waals surface area contributed by atoms with Crippen LogP contribution in [0.5, 0.6) is 0 Å². The summed E-state index contributed by atoms with van der Waals surface area (Å²) in [4.78, 5) is 2.47. The second-order valence-electron chi connectivity index (χ2n) is 4.82. The van der Waals surface area contributed by atoms with Crippen molar-refractivity contribution < 1.29 is 9.47 Å². The molecule has 1 aromatic rings. The molecule has 2 rings (SSSR count). The highest BCUT2D eigenvalue weighted by Gasteiger charge is 2.20. The lowest BCUT2D eigenvalue weighted by molar-refractivity contribution is 0.0510. The lowest BCUT2D eigenvalue weighted by atomic mass is 10.1. The molecule has 0 unspecified atom stereocenters. The van der Waals surface area contributed by atoms with Crippen LogP contribution >= 0.6 is 22.6 Å². The fourth-order valence-electron chi connectivity index (χ4n) is 2.36. The molecule has 2 heterocycles. The predicted molar refractivity (Wildman–Crippen MR) is 82.4 cm³/mol. The second kappa shape index (κ2) is 8.18. The molecule has 1 fully saturated rings. The van der Waals surface area contributed by atoms with Crippen LogP contribution in [0.2, 0.25) is 0 Å². The monoisotopic (exact) mass is 379 g/mol. The molecule has 0 aliphatic carbocycles. The molecule has 0 saturated carbocycles. The van der Waals surface area contributed by atoms with Gasteiger partial charge in [0, 0.05) is 32.9 Å². The number of rotatable bonds is 7. The maximum Gasteiger partial charge on any atom is 0.0700 e. The Morgan fingerprint density at radius 2 is 2.11 bits per heavy atom. The van der Waals surface area contributed by atoms with E-state index >= 15 is 0 Å². The number of hydrogen-bond acceptors (Lipinski definition) is 4. The van der Waals surface area contributed by atoms with Gasteiger partial charge in [-0.1, -0.05) is 0 Å². The van der Waals surface area contributed by atoms with Gasteiger partial charge < -0.3 is 14.4 Å². The SMILES string of the molecule is COCCOCCN1CCC(n2cc(I)cn2)CC1. The summed E-state index contributed by atoms with van der Waals surface area (Å²) in [5.41, 5.74) is 0. The summed E-state index contributed by atoms with van der Waals surface area (Å²) in [5, 5.41) is 4.41. The van der Waals surface area contributed by atoms with Gasteiger partial charge in [0.25, 0.3) is 0 Å². The van der Waals surface area contributed by atoms with Crippen LogP contribution in [-0.4, -0.2) is 61.2 Å². The summed E-state index contributed by atoms with van der Waals surface area (Å²) >= 11 is 2.31. The Morgan fingerprint density at radius 3 is 2.74 bits per heavy atom. The maximum absolute atomic E-state index is 5.51. The smallest absolute Gasteiger partial charge is 0.0700 e. The van der Waals surface area contributed by atoms with E-state index in [0.29, 0.717) is 19.3 Å². The van der Waals surface area contributed by atoms with Gasteiger partial charge in [0.2, 0.25) is 0 Å². The van der Waals surface area contributed by atoms with E-state index in [0.717, 1.165) is 26.2 Å². The van der Waals surface area contributed by atoms with Crippen molar-refractivity contribution in [2.75, 3.05) is 46.6 Å². The van der Waals surface area contributed by atoms with Crippen molar-refractivity contribution in [3.05, 3.63) is 16.0 Å². The van der Waals surface area contributed by atoms with E-state index in [1.54, 1.807) is 7.11 Å². The summed E-state index contributed by atoms with van der Waals surface area (Å²) in [7, 11) is 1.70. The molecule has 1 saturated heterocycles. The van der Waals surface area contributed by atoms with E-state index in [1.807, 2.05) is 6.20 Å². The number of methoxy groups -OCH3 is 1. The van der Waals surface area contributed by atoms with E-state index in [-0.39, 0.29) is 0 Å². The Kier molecular flexibility index (Phi) is 6.55. The number of hydrogen-bond donors (Lipinski definition) is 0. The van der Waals surface area contributed by atoms with Gasteiger partial charge in [0.05, 0.1) is 35.6 Å². The van der Waals surface area contributed by atoms with E-state index in [1.165, 1.54) is 16.4 Å². The molecule has 0 spiro atoms. The molecule has 0 radical (unpaired) electrons. The molecule has 6 heteroatoms. The lowest BCUT2D eigenvalue weighted by Crippen LogP contribution is -2.37. The van der Waals surface area contributed by atoms with Crippen molar-refractivity contribution in [2.45, 2.75) is 18.9 Å². The molecule has 0 bridgehead atoms. The van der Waals surface area contributed by atoms with Crippen LogP contribution < -0.4 is 0 Å². The van der Waals surface area contributed by atoms with Gasteiger partial charge in [-0.2, -0.15) is 5.10 Å². The zero-order valence-corrected chi connectivity index (χ0v) is 13.6. The highest BCUT2D eigenvalue weighted by Crippen LogP contribution is 2.22. The third kappa shape index (κ3) is 5.02. The Bertz CT molecular complexity index is 365. The van der Waals surface area contributed by atoms with Crippen molar-refractivity contribution in [1.82, 2.24) is 14.7 Å². The minimum Gasteiger partial charge on any atom is -0.382 e. The van der Waals surface area contributed by atoms with Crippen molar-refractivity contribution >= 4 is 22.6 Å². The highest BCUT2D eigenvalue weighted by molar-refractivity contribution is 14.1. The number of nitrogens with zero attached hydrogens (tertiary/aromatic N) is 3. The van der Waals surface area contributed by atoms with Crippen molar-refractivity contribution in [3.63, 3.8) is 0 Å². The third-order valence-corrected chi connectivity index (χ3v) is 4.04. The first kappa shape index (κ1) is 15.2. The summed E-state index contributed by atoms with van der Waals surface area (Å²) in [6.45, 7) is 5.46. The minimum absolute atomic E-state index is 0.564. The van der Waals surface area contributed by atoms with Crippen LogP contribution in [0.4, 0.5) is 0 Å². The number of halogens is 1. The van der Waals surface area contributed by atoms with Crippen LogP contribution in [-0.2, 0) is 9.47 Å². The minimum atomic E-state index is 0.564. The van der Waals surface area contributed by atoms with Gasteiger partial charge in [0.15, 0.2) is 0 Å². The first-order chi connectivity index (χ1) is 9.29. The molecule has 1 aromatic heterocycles. The fraction of sp³-hybridized carbons (Fsp3) is 0.769. The molecular weight excluding hydrogens is 357 g/mol. The highest BCUT2D eigenvalue weighted by atomic mass is 127. The van der Waals surface area contributed by atoms with Crippen LogP contribution in [0.3, 0.4) is 0 Å². The Hall–Kier alpha value is -0.180. The van der Waals surface area contributed by atoms with Gasteiger partial charge in [-0.3, -0.25) is 4.68 Å². The molecule has 108 valence electrons. The van der Waals surface area contributed by atoms with Gasteiger partial charge in [-0.25, -0.2) is 0 Å². The molecule has 1 aliphatic heterocycles. The molecule has 1 aliphatic rings. The quantitative estimate of drug-likeness (QED) is 0.535. The molecule has 0 amide bonds. The second-order valence-corrected chi connectivity index (χ2v) is 6.06. The fourth-order valence-corrected chi connectivity index (χ4v) is 2.77. The molecule has 5 nitrogen and oxygen atoms in total. The molecular formula is C13H22IN3O2. The van der Waals surface area contributed by atoms with Gasteiger partial charge in [-0.15, -0.1) is 0 Å². The van der Waals surface area contributed by atoms with Gasteiger partial charge in [0.1, 0.15) is 0 Å². The zero-order valence-electron chi connectivity index (χ0n) is 11.4. The third-order valence-electron chi connectivity index (χ3n) is 3.48. The number of ether oxygens (including phenoxy) is 2. The first-order valence-corrected chi connectivity index (χ1v) is 7.86. The van der Waals surface area contributed by atoms with Crippen LogP contribution in [0.25, 0.3) is 0 Å². The van der Waals surface area contributed by atoms with E-state index in [2.05, 4.69) is 43.5 Å². The summed E-state index contributed by atoms with van der Waals surface area (Å²) in [5.74, 6) is 0. The molecule has 0 atom stereocenters. The average Bonchev–Trinajstić information content (AvgIpc) is 2.86. The van der Waals surface area contributed by atoms with Crippen molar-refractivity contribution in [1.29, 1.82) is 0 Å². The predicted octanol–water partition coefficient (Wildman–Crippen LogP) is 1.79. The normalized spacial score (nSPS) is 18.0. The summed E-state index contributed by atoms with van der Waals surface area (Å²) < 4.78 is 13.8. The number of likely N-dealkylation sites (tertiary alicyclic amines) is 1. The Morgan fingerprint density at radius 1 is 1.32 bits per heavy atom.